The number of ether oxygens (including phenoxy) is 1. The third kappa shape index (κ3) is 1.05. The second-order valence-electron chi connectivity index (χ2n) is 6.69. The van der Waals surface area contributed by atoms with Crippen LogP contribution in [0.2, 0.25) is 0 Å². The van der Waals surface area contributed by atoms with Crippen LogP contribution >= 0.6 is 0 Å². The lowest BCUT2D eigenvalue weighted by atomic mass is 9.61. The lowest BCUT2D eigenvalue weighted by Gasteiger charge is -2.42. The number of carbonyl (C=O) groups excluding carboxylic acids is 1. The van der Waals surface area contributed by atoms with Crippen LogP contribution in [-0.2, 0) is 9.53 Å². The zero-order valence-electron chi connectivity index (χ0n) is 12.1. The molecular formula is C15H24O2. The van der Waals surface area contributed by atoms with Crippen LogP contribution in [0.1, 0.15) is 48.0 Å². The number of carbonyl (C=O) groups is 1. The van der Waals surface area contributed by atoms with Gasteiger partial charge in [0.25, 0.3) is 0 Å². The van der Waals surface area contributed by atoms with Crippen molar-refractivity contribution in [2.24, 2.45) is 22.2 Å². The Morgan fingerprint density at radius 2 is 1.71 bits per heavy atom. The molecule has 2 nitrogen and oxygen atoms in total. The molecule has 0 radical (unpaired) electrons. The minimum absolute atomic E-state index is 0.0104. The molecule has 96 valence electrons. The summed E-state index contributed by atoms with van der Waals surface area (Å²) in [5.74, 6) is -0.0349. The summed E-state index contributed by atoms with van der Waals surface area (Å²) in [7, 11) is 1.50. The number of hydrogen-bond acceptors (Lipinski definition) is 2. The van der Waals surface area contributed by atoms with Gasteiger partial charge in [0.05, 0.1) is 13.0 Å². The summed E-state index contributed by atoms with van der Waals surface area (Å²) in [6, 6.07) is 0. The Kier molecular flexibility index (Phi) is 2.35. The fourth-order valence-corrected chi connectivity index (χ4v) is 4.49. The van der Waals surface area contributed by atoms with Crippen molar-refractivity contribution >= 4 is 5.97 Å². The smallest absolute Gasteiger partial charge is 0.309 e. The monoisotopic (exact) mass is 236 g/mol. The minimum Gasteiger partial charge on any atom is -0.469 e. The van der Waals surface area contributed by atoms with Crippen molar-refractivity contribution in [3.8, 4) is 0 Å². The normalized spacial score (nSPS) is 43.1. The Morgan fingerprint density at radius 3 is 2.06 bits per heavy atom. The maximum absolute atomic E-state index is 12.0. The average molecular weight is 236 g/mol. The largest absolute Gasteiger partial charge is 0.469 e. The van der Waals surface area contributed by atoms with Crippen molar-refractivity contribution in [2.75, 3.05) is 7.11 Å². The zero-order chi connectivity index (χ0) is 13.2. The SMILES string of the molecule is COC(=O)C1C[C@@]2(C)C(C)=C(C)[C@]1(C)C2(C)C. The van der Waals surface area contributed by atoms with Crippen LogP contribution in [0.15, 0.2) is 11.1 Å². The molecule has 0 spiro atoms. The first-order chi connectivity index (χ1) is 7.64. The number of esters is 1. The topological polar surface area (TPSA) is 26.3 Å². The van der Waals surface area contributed by atoms with Crippen LogP contribution in [0.5, 0.6) is 0 Å². The van der Waals surface area contributed by atoms with Crippen LogP contribution in [0.3, 0.4) is 0 Å². The number of hydrogen-bond donors (Lipinski definition) is 0. The van der Waals surface area contributed by atoms with E-state index in [1.165, 1.54) is 18.3 Å². The minimum atomic E-state index is -0.0566. The predicted octanol–water partition coefficient (Wildman–Crippen LogP) is 3.57. The van der Waals surface area contributed by atoms with E-state index in [0.29, 0.717) is 0 Å². The summed E-state index contributed by atoms with van der Waals surface area (Å²) in [4.78, 5) is 12.0. The van der Waals surface area contributed by atoms with Crippen LogP contribution in [-0.4, -0.2) is 13.1 Å². The van der Waals surface area contributed by atoms with Crippen LogP contribution < -0.4 is 0 Å². The molecule has 0 N–H and O–H groups in total. The van der Waals surface area contributed by atoms with Gasteiger partial charge < -0.3 is 4.74 Å². The third-order valence-corrected chi connectivity index (χ3v) is 6.64. The Morgan fingerprint density at radius 1 is 1.18 bits per heavy atom. The zero-order valence-corrected chi connectivity index (χ0v) is 12.1. The molecule has 17 heavy (non-hydrogen) atoms. The van der Waals surface area contributed by atoms with Crippen molar-refractivity contribution in [3.63, 3.8) is 0 Å². The highest BCUT2D eigenvalue weighted by atomic mass is 16.5. The van der Waals surface area contributed by atoms with Crippen molar-refractivity contribution in [1.82, 2.24) is 0 Å². The number of allylic oxidation sites excluding steroid dienone is 2. The van der Waals surface area contributed by atoms with E-state index in [2.05, 4.69) is 41.5 Å². The quantitative estimate of drug-likeness (QED) is 0.514. The van der Waals surface area contributed by atoms with E-state index in [1.807, 2.05) is 0 Å². The first-order valence-electron chi connectivity index (χ1n) is 6.41. The molecule has 0 aromatic carbocycles. The van der Waals surface area contributed by atoms with Gasteiger partial charge in [-0.15, -0.1) is 0 Å². The molecule has 0 heterocycles. The molecule has 2 heteroatoms. The lowest BCUT2D eigenvalue weighted by Crippen LogP contribution is -2.39. The van der Waals surface area contributed by atoms with E-state index in [1.54, 1.807) is 0 Å². The second kappa shape index (κ2) is 3.15. The Balaban J connectivity index is 2.62. The average Bonchev–Trinajstić information content (AvgIpc) is 2.49. The van der Waals surface area contributed by atoms with Crippen molar-refractivity contribution in [2.45, 2.75) is 48.0 Å². The summed E-state index contributed by atoms with van der Waals surface area (Å²) < 4.78 is 5.01. The molecule has 0 aliphatic heterocycles. The van der Waals surface area contributed by atoms with Gasteiger partial charge in [-0.05, 0) is 31.1 Å². The van der Waals surface area contributed by atoms with E-state index < -0.39 is 0 Å². The highest BCUT2D eigenvalue weighted by molar-refractivity contribution is 5.76. The maximum Gasteiger partial charge on any atom is 0.309 e. The van der Waals surface area contributed by atoms with E-state index in [-0.39, 0.29) is 28.1 Å². The van der Waals surface area contributed by atoms with Gasteiger partial charge in [-0.25, -0.2) is 0 Å². The molecule has 2 aliphatic rings. The predicted molar refractivity (Wildman–Crippen MR) is 68.5 cm³/mol. The Labute approximate surface area is 104 Å². The first kappa shape index (κ1) is 12.7. The van der Waals surface area contributed by atoms with Gasteiger partial charge in [0.1, 0.15) is 0 Å². The van der Waals surface area contributed by atoms with Gasteiger partial charge in [-0.2, -0.15) is 0 Å². The van der Waals surface area contributed by atoms with Gasteiger partial charge in [0.15, 0.2) is 0 Å². The number of rotatable bonds is 1. The number of fused-ring (bicyclic) bond motifs is 2. The molecule has 0 aromatic rings. The van der Waals surface area contributed by atoms with Crippen molar-refractivity contribution in [3.05, 3.63) is 11.1 Å². The Bertz CT molecular complexity index is 419. The third-order valence-electron chi connectivity index (χ3n) is 6.64. The summed E-state index contributed by atoms with van der Waals surface area (Å²) in [5.41, 5.74) is 3.06. The highest BCUT2D eigenvalue weighted by Crippen LogP contribution is 2.75. The summed E-state index contributed by atoms with van der Waals surface area (Å²) in [6.45, 7) is 13.6. The first-order valence-corrected chi connectivity index (χ1v) is 6.41. The van der Waals surface area contributed by atoms with E-state index in [9.17, 15) is 4.79 Å². The molecule has 0 aromatic heterocycles. The molecule has 1 fully saturated rings. The number of methoxy groups -OCH3 is 1. The summed E-state index contributed by atoms with van der Waals surface area (Å²) in [5, 5.41) is 0. The van der Waals surface area contributed by atoms with Crippen molar-refractivity contribution < 1.29 is 9.53 Å². The molecule has 0 amide bonds. The van der Waals surface area contributed by atoms with Crippen molar-refractivity contribution in [1.29, 1.82) is 0 Å². The van der Waals surface area contributed by atoms with Gasteiger partial charge in [-0.3, -0.25) is 4.79 Å². The molecule has 2 aliphatic carbocycles. The van der Waals surface area contributed by atoms with Crippen LogP contribution in [0.4, 0.5) is 0 Å². The van der Waals surface area contributed by atoms with E-state index in [0.717, 1.165) is 6.42 Å². The molecule has 2 rings (SSSR count). The van der Waals surface area contributed by atoms with E-state index in [4.69, 9.17) is 4.74 Å². The highest BCUT2D eigenvalue weighted by Gasteiger charge is 2.70. The Hall–Kier alpha value is -0.790. The maximum atomic E-state index is 12.0. The fraction of sp³-hybridized carbons (Fsp3) is 0.800. The van der Waals surface area contributed by atoms with Gasteiger partial charge >= 0.3 is 5.97 Å². The van der Waals surface area contributed by atoms with Gasteiger partial charge in [0.2, 0.25) is 0 Å². The molecular weight excluding hydrogens is 212 g/mol. The molecule has 3 atom stereocenters. The standard InChI is InChI=1S/C15H24O2/c1-9-10(2)15(6)11(12(16)17-7)8-14(9,5)13(15,3)4/h11H,8H2,1-7H3/t11?,14-,15-/m0/s1. The fourth-order valence-electron chi connectivity index (χ4n) is 4.49. The second-order valence-corrected chi connectivity index (χ2v) is 6.69. The van der Waals surface area contributed by atoms with Gasteiger partial charge in [0, 0.05) is 5.41 Å². The van der Waals surface area contributed by atoms with Crippen LogP contribution in [0, 0.1) is 22.2 Å². The molecule has 1 saturated carbocycles. The summed E-state index contributed by atoms with van der Waals surface area (Å²) in [6.07, 6.45) is 0.923. The van der Waals surface area contributed by atoms with E-state index >= 15 is 0 Å². The van der Waals surface area contributed by atoms with Gasteiger partial charge in [-0.1, -0.05) is 38.8 Å². The van der Waals surface area contributed by atoms with Crippen LogP contribution in [0.25, 0.3) is 0 Å². The molecule has 1 unspecified atom stereocenters. The lowest BCUT2D eigenvalue weighted by molar-refractivity contribution is -0.149. The molecule has 2 bridgehead atoms. The summed E-state index contributed by atoms with van der Waals surface area (Å²) >= 11 is 0. The molecule has 0 saturated heterocycles.